The molecular formula is C18H13BFN5O3. The Hall–Kier alpha value is -3.81. The third-order valence-corrected chi connectivity index (χ3v) is 3.81. The third kappa shape index (κ3) is 3.96. The molecule has 10 heteroatoms. The van der Waals surface area contributed by atoms with Gasteiger partial charge in [-0.3, -0.25) is 9.78 Å². The van der Waals surface area contributed by atoms with Crippen molar-refractivity contribution in [1.82, 2.24) is 9.97 Å². The van der Waals surface area contributed by atoms with Gasteiger partial charge < -0.3 is 10.0 Å². The number of aromatic nitrogens is 2. The maximum atomic E-state index is 13.9. The van der Waals surface area contributed by atoms with E-state index in [1.54, 1.807) is 30.3 Å². The number of aromatic amines is 1. The van der Waals surface area contributed by atoms with Crippen LogP contribution in [-0.4, -0.2) is 33.3 Å². The summed E-state index contributed by atoms with van der Waals surface area (Å²) >= 11 is 0. The zero-order valence-corrected chi connectivity index (χ0v) is 14.3. The van der Waals surface area contributed by atoms with E-state index < -0.39 is 18.5 Å². The summed E-state index contributed by atoms with van der Waals surface area (Å²) in [5, 5.41) is 31.7. The molecule has 1 aromatic heterocycles. The SMILES string of the molecule is N#Cc1c(-c2ccccc2)nc(NN=Cc2c(F)cccc2B(O)O)[nH]c1=O. The lowest BCUT2D eigenvalue weighted by Crippen LogP contribution is -2.33. The van der Waals surface area contributed by atoms with Crippen molar-refractivity contribution in [3.05, 3.63) is 75.8 Å². The van der Waals surface area contributed by atoms with Gasteiger partial charge in [0.1, 0.15) is 17.4 Å². The Bertz CT molecular complexity index is 1130. The van der Waals surface area contributed by atoms with Crippen LogP contribution in [0, 0.1) is 17.1 Å². The lowest BCUT2D eigenvalue weighted by atomic mass is 9.77. The second kappa shape index (κ2) is 8.26. The minimum Gasteiger partial charge on any atom is -0.423 e. The molecule has 4 N–H and O–H groups in total. The number of benzene rings is 2. The molecule has 0 aliphatic heterocycles. The third-order valence-electron chi connectivity index (χ3n) is 3.81. The fourth-order valence-corrected chi connectivity index (χ4v) is 2.51. The van der Waals surface area contributed by atoms with Gasteiger partial charge in [-0.05, 0) is 11.5 Å². The van der Waals surface area contributed by atoms with E-state index in [-0.39, 0.29) is 28.2 Å². The van der Waals surface area contributed by atoms with Crippen molar-refractivity contribution in [2.24, 2.45) is 5.10 Å². The van der Waals surface area contributed by atoms with Gasteiger partial charge in [-0.15, -0.1) is 0 Å². The van der Waals surface area contributed by atoms with Gasteiger partial charge in [0.2, 0.25) is 5.95 Å². The molecule has 2 aromatic carbocycles. The molecule has 0 radical (unpaired) electrons. The average Bonchev–Trinajstić information content (AvgIpc) is 2.69. The van der Waals surface area contributed by atoms with Gasteiger partial charge in [0.05, 0.1) is 11.9 Å². The van der Waals surface area contributed by atoms with Crippen LogP contribution in [0.2, 0.25) is 0 Å². The first kappa shape index (κ1) is 19.0. The Balaban J connectivity index is 1.95. The molecule has 3 rings (SSSR count). The number of hydrazone groups is 1. The fourth-order valence-electron chi connectivity index (χ4n) is 2.51. The molecule has 0 bridgehead atoms. The molecule has 0 aliphatic carbocycles. The van der Waals surface area contributed by atoms with E-state index >= 15 is 0 Å². The standard InChI is InChI=1S/C18H13BFN5O3/c20-15-8-4-7-14(19(27)28)13(15)10-22-25-18-23-16(11-5-2-1-3-6-11)12(9-21)17(26)24-18/h1-8,10,27-28H,(H2,23,24,25,26). The minimum atomic E-state index is -1.88. The van der Waals surface area contributed by atoms with Crippen LogP contribution in [0.3, 0.4) is 0 Å². The Kier molecular flexibility index (Phi) is 5.60. The monoisotopic (exact) mass is 377 g/mol. The Morgan fingerprint density at radius 3 is 2.64 bits per heavy atom. The zero-order valence-electron chi connectivity index (χ0n) is 14.3. The molecule has 0 unspecified atom stereocenters. The summed E-state index contributed by atoms with van der Waals surface area (Å²) < 4.78 is 13.9. The molecule has 0 amide bonds. The van der Waals surface area contributed by atoms with E-state index in [1.807, 2.05) is 6.07 Å². The number of hydrogen-bond acceptors (Lipinski definition) is 7. The normalized spacial score (nSPS) is 10.6. The number of H-pyrrole nitrogens is 1. The number of nitrogens with one attached hydrogen (secondary N) is 2. The van der Waals surface area contributed by atoms with E-state index in [1.165, 1.54) is 12.1 Å². The van der Waals surface area contributed by atoms with Crippen molar-refractivity contribution in [3.63, 3.8) is 0 Å². The maximum absolute atomic E-state index is 13.9. The second-order valence-corrected chi connectivity index (χ2v) is 5.60. The number of halogens is 1. The van der Waals surface area contributed by atoms with E-state index in [4.69, 9.17) is 0 Å². The summed E-state index contributed by atoms with van der Waals surface area (Å²) in [7, 11) is -1.88. The number of nitrogens with zero attached hydrogens (tertiary/aromatic N) is 3. The summed E-state index contributed by atoms with van der Waals surface area (Å²) in [4.78, 5) is 18.7. The molecule has 0 spiro atoms. The molecule has 0 atom stereocenters. The predicted octanol–water partition coefficient (Wildman–Crippen LogP) is 0.573. The molecule has 0 saturated carbocycles. The minimum absolute atomic E-state index is 0.0680. The van der Waals surface area contributed by atoms with E-state index in [9.17, 15) is 24.5 Å². The molecule has 0 fully saturated rings. The van der Waals surface area contributed by atoms with Crippen molar-refractivity contribution >= 4 is 24.7 Å². The second-order valence-electron chi connectivity index (χ2n) is 5.60. The maximum Gasteiger partial charge on any atom is 0.489 e. The molecule has 28 heavy (non-hydrogen) atoms. The average molecular weight is 377 g/mol. The molecule has 138 valence electrons. The summed E-state index contributed by atoms with van der Waals surface area (Å²) in [6.07, 6.45) is 1.03. The lowest BCUT2D eigenvalue weighted by molar-refractivity contribution is 0.425. The van der Waals surface area contributed by atoms with Crippen LogP contribution in [0.25, 0.3) is 11.3 Å². The Morgan fingerprint density at radius 1 is 1.21 bits per heavy atom. The molecule has 8 nitrogen and oxygen atoms in total. The lowest BCUT2D eigenvalue weighted by Gasteiger charge is -2.07. The molecular weight excluding hydrogens is 364 g/mol. The first-order valence-corrected chi connectivity index (χ1v) is 8.04. The van der Waals surface area contributed by atoms with Crippen LogP contribution in [0.5, 0.6) is 0 Å². The molecule has 0 aliphatic rings. The van der Waals surface area contributed by atoms with Crippen LogP contribution in [0.15, 0.2) is 58.4 Å². The number of anilines is 1. The molecule has 0 saturated heterocycles. The van der Waals surface area contributed by atoms with Crippen molar-refractivity contribution in [1.29, 1.82) is 5.26 Å². The van der Waals surface area contributed by atoms with Gasteiger partial charge >= 0.3 is 7.12 Å². The first-order chi connectivity index (χ1) is 13.5. The zero-order chi connectivity index (χ0) is 20.1. The fraction of sp³-hybridized carbons (Fsp3) is 0. The van der Waals surface area contributed by atoms with Crippen LogP contribution < -0.4 is 16.4 Å². The van der Waals surface area contributed by atoms with E-state index in [0.717, 1.165) is 12.3 Å². The van der Waals surface area contributed by atoms with Gasteiger partial charge in [-0.1, -0.05) is 42.5 Å². The topological polar surface area (TPSA) is 134 Å². The van der Waals surface area contributed by atoms with Gasteiger partial charge in [0.25, 0.3) is 5.56 Å². The first-order valence-electron chi connectivity index (χ1n) is 8.04. The Morgan fingerprint density at radius 2 is 1.96 bits per heavy atom. The predicted molar refractivity (Wildman–Crippen MR) is 102 cm³/mol. The number of nitriles is 1. The highest BCUT2D eigenvalue weighted by atomic mass is 19.1. The highest BCUT2D eigenvalue weighted by Crippen LogP contribution is 2.19. The highest BCUT2D eigenvalue weighted by Gasteiger charge is 2.17. The quantitative estimate of drug-likeness (QED) is 0.292. The van der Waals surface area contributed by atoms with Crippen molar-refractivity contribution in [2.75, 3.05) is 5.43 Å². The van der Waals surface area contributed by atoms with Crippen molar-refractivity contribution in [2.45, 2.75) is 0 Å². The smallest absolute Gasteiger partial charge is 0.423 e. The van der Waals surface area contributed by atoms with Gasteiger partial charge in [-0.25, -0.2) is 14.8 Å². The Labute approximate surface area is 158 Å². The van der Waals surface area contributed by atoms with Crippen LogP contribution in [-0.2, 0) is 0 Å². The summed E-state index contributed by atoms with van der Waals surface area (Å²) in [5.41, 5.74) is 2.17. The van der Waals surface area contributed by atoms with Crippen molar-refractivity contribution < 1.29 is 14.4 Å². The van der Waals surface area contributed by atoms with Crippen LogP contribution >= 0.6 is 0 Å². The molecule has 3 aromatic rings. The van der Waals surface area contributed by atoms with Crippen LogP contribution in [0.4, 0.5) is 10.3 Å². The largest absolute Gasteiger partial charge is 0.489 e. The van der Waals surface area contributed by atoms with Gasteiger partial charge in [-0.2, -0.15) is 10.4 Å². The summed E-state index contributed by atoms with van der Waals surface area (Å²) in [6.45, 7) is 0. The number of hydrogen-bond donors (Lipinski definition) is 4. The van der Waals surface area contributed by atoms with E-state index in [2.05, 4.69) is 20.5 Å². The van der Waals surface area contributed by atoms with Crippen molar-refractivity contribution in [3.8, 4) is 17.3 Å². The van der Waals surface area contributed by atoms with Gasteiger partial charge in [0, 0.05) is 11.1 Å². The summed E-state index contributed by atoms with van der Waals surface area (Å²) in [6, 6.07) is 14.3. The van der Waals surface area contributed by atoms with Gasteiger partial charge in [0.15, 0.2) is 0 Å². The highest BCUT2D eigenvalue weighted by molar-refractivity contribution is 6.60. The van der Waals surface area contributed by atoms with Crippen LogP contribution in [0.1, 0.15) is 11.1 Å². The summed E-state index contributed by atoms with van der Waals surface area (Å²) in [5.74, 6) is -0.774. The van der Waals surface area contributed by atoms with E-state index in [0.29, 0.717) is 5.56 Å². The number of rotatable bonds is 5. The molecule has 1 heterocycles.